The first-order valence-electron chi connectivity index (χ1n) is 6.55. The third-order valence-corrected chi connectivity index (χ3v) is 4.27. The SMILES string of the molecule is Cc1cc(Cl)c(NC(=O)C2Cc3nc[nH]c3CN2)cc1Cl. The molecular formula is C14H14Cl2N4O. The van der Waals surface area contributed by atoms with E-state index in [1.807, 2.05) is 6.92 Å². The number of anilines is 1. The van der Waals surface area contributed by atoms with Gasteiger partial charge in [0, 0.05) is 18.0 Å². The number of hydrogen-bond acceptors (Lipinski definition) is 3. The highest BCUT2D eigenvalue weighted by Gasteiger charge is 2.26. The van der Waals surface area contributed by atoms with Gasteiger partial charge in [-0.05, 0) is 24.6 Å². The number of hydrogen-bond donors (Lipinski definition) is 3. The minimum Gasteiger partial charge on any atom is -0.347 e. The Hall–Kier alpha value is -1.56. The second kappa shape index (κ2) is 5.67. The number of carbonyl (C=O) groups excluding carboxylic acids is 1. The Bertz CT molecular complexity index is 698. The molecule has 1 aromatic heterocycles. The zero-order chi connectivity index (χ0) is 15.0. The molecule has 1 aromatic carbocycles. The summed E-state index contributed by atoms with van der Waals surface area (Å²) >= 11 is 12.2. The number of imidazole rings is 1. The number of nitrogens with zero attached hydrogens (tertiary/aromatic N) is 1. The minimum atomic E-state index is -0.336. The van der Waals surface area contributed by atoms with Crippen LogP contribution in [0.15, 0.2) is 18.5 Å². The summed E-state index contributed by atoms with van der Waals surface area (Å²) in [6.45, 7) is 2.46. The summed E-state index contributed by atoms with van der Waals surface area (Å²) in [5.41, 5.74) is 3.33. The molecule has 21 heavy (non-hydrogen) atoms. The average Bonchev–Trinajstić information content (AvgIpc) is 2.92. The van der Waals surface area contributed by atoms with E-state index in [9.17, 15) is 4.79 Å². The van der Waals surface area contributed by atoms with Gasteiger partial charge in [0.25, 0.3) is 0 Å². The highest BCUT2D eigenvalue weighted by Crippen LogP contribution is 2.29. The molecule has 2 heterocycles. The van der Waals surface area contributed by atoms with Crippen LogP contribution in [0.25, 0.3) is 0 Å². The van der Waals surface area contributed by atoms with E-state index in [1.54, 1.807) is 18.5 Å². The van der Waals surface area contributed by atoms with Crippen molar-refractivity contribution in [2.75, 3.05) is 5.32 Å². The van der Waals surface area contributed by atoms with Crippen molar-refractivity contribution in [1.29, 1.82) is 0 Å². The normalized spacial score (nSPS) is 17.4. The lowest BCUT2D eigenvalue weighted by atomic mass is 10.0. The maximum absolute atomic E-state index is 12.3. The molecule has 1 aliphatic rings. The van der Waals surface area contributed by atoms with Crippen LogP contribution in [0, 0.1) is 6.92 Å². The van der Waals surface area contributed by atoms with Crippen LogP contribution in [-0.4, -0.2) is 21.9 Å². The van der Waals surface area contributed by atoms with Crippen molar-refractivity contribution < 1.29 is 4.79 Å². The van der Waals surface area contributed by atoms with Crippen molar-refractivity contribution in [3.05, 3.63) is 45.5 Å². The molecule has 0 fully saturated rings. The molecule has 110 valence electrons. The van der Waals surface area contributed by atoms with Crippen LogP contribution in [0.3, 0.4) is 0 Å². The van der Waals surface area contributed by atoms with Crippen LogP contribution in [0.4, 0.5) is 5.69 Å². The second-order valence-corrected chi connectivity index (χ2v) is 5.85. The number of benzene rings is 1. The van der Waals surface area contributed by atoms with Crippen molar-refractivity contribution in [3.8, 4) is 0 Å². The van der Waals surface area contributed by atoms with Gasteiger partial charge in [0.15, 0.2) is 0 Å². The Kier molecular flexibility index (Phi) is 3.89. The average molecular weight is 325 g/mol. The molecule has 0 radical (unpaired) electrons. The second-order valence-electron chi connectivity index (χ2n) is 5.04. The van der Waals surface area contributed by atoms with E-state index in [4.69, 9.17) is 23.2 Å². The number of aryl methyl sites for hydroxylation is 1. The largest absolute Gasteiger partial charge is 0.347 e. The zero-order valence-electron chi connectivity index (χ0n) is 11.3. The van der Waals surface area contributed by atoms with Gasteiger partial charge in [-0.1, -0.05) is 23.2 Å². The Morgan fingerprint density at radius 1 is 1.38 bits per heavy atom. The third-order valence-electron chi connectivity index (χ3n) is 3.55. The maximum Gasteiger partial charge on any atom is 0.241 e. The summed E-state index contributed by atoms with van der Waals surface area (Å²) in [6.07, 6.45) is 2.19. The number of rotatable bonds is 2. The van der Waals surface area contributed by atoms with E-state index in [2.05, 4.69) is 20.6 Å². The summed E-state index contributed by atoms with van der Waals surface area (Å²) in [4.78, 5) is 19.6. The molecule has 1 aliphatic heterocycles. The van der Waals surface area contributed by atoms with Crippen molar-refractivity contribution in [3.63, 3.8) is 0 Å². The highest BCUT2D eigenvalue weighted by atomic mass is 35.5. The molecule has 1 amide bonds. The van der Waals surface area contributed by atoms with Crippen molar-refractivity contribution in [1.82, 2.24) is 15.3 Å². The number of aromatic nitrogens is 2. The smallest absolute Gasteiger partial charge is 0.241 e. The van der Waals surface area contributed by atoms with E-state index in [0.717, 1.165) is 17.0 Å². The lowest BCUT2D eigenvalue weighted by Crippen LogP contribution is -2.44. The summed E-state index contributed by atoms with van der Waals surface area (Å²) in [5.74, 6) is -0.148. The van der Waals surface area contributed by atoms with Gasteiger partial charge in [-0.3, -0.25) is 10.1 Å². The van der Waals surface area contributed by atoms with Crippen LogP contribution >= 0.6 is 23.2 Å². The minimum absolute atomic E-state index is 0.148. The monoisotopic (exact) mass is 324 g/mol. The Morgan fingerprint density at radius 3 is 3.00 bits per heavy atom. The van der Waals surface area contributed by atoms with E-state index in [-0.39, 0.29) is 11.9 Å². The highest BCUT2D eigenvalue weighted by molar-refractivity contribution is 6.36. The molecule has 0 saturated heterocycles. The summed E-state index contributed by atoms with van der Waals surface area (Å²) in [5, 5.41) is 7.03. The predicted octanol–water partition coefficient (Wildman–Crippen LogP) is 2.68. The molecule has 3 N–H and O–H groups in total. The van der Waals surface area contributed by atoms with Gasteiger partial charge in [0.1, 0.15) is 0 Å². The number of H-pyrrole nitrogens is 1. The van der Waals surface area contributed by atoms with Gasteiger partial charge in [0.2, 0.25) is 5.91 Å². The van der Waals surface area contributed by atoms with Gasteiger partial charge in [-0.15, -0.1) is 0 Å². The Balaban J connectivity index is 1.74. The van der Waals surface area contributed by atoms with Crippen molar-refractivity contribution >= 4 is 34.8 Å². The molecule has 1 unspecified atom stereocenters. The summed E-state index contributed by atoms with van der Waals surface area (Å²) in [6, 6.07) is 3.07. The fourth-order valence-corrected chi connectivity index (χ4v) is 2.75. The van der Waals surface area contributed by atoms with Crippen LogP contribution in [-0.2, 0) is 17.8 Å². The summed E-state index contributed by atoms with van der Waals surface area (Å²) < 4.78 is 0. The van der Waals surface area contributed by atoms with Crippen LogP contribution in [0.1, 0.15) is 17.0 Å². The van der Waals surface area contributed by atoms with E-state index < -0.39 is 0 Å². The Morgan fingerprint density at radius 2 is 2.19 bits per heavy atom. The summed E-state index contributed by atoms with van der Waals surface area (Å²) in [7, 11) is 0. The molecular weight excluding hydrogens is 311 g/mol. The lowest BCUT2D eigenvalue weighted by Gasteiger charge is -2.22. The molecule has 0 aliphatic carbocycles. The maximum atomic E-state index is 12.3. The number of halogens is 2. The third kappa shape index (κ3) is 2.90. The standard InChI is InChI=1S/C14H14Cl2N4O/c1-7-2-9(16)10(3-8(7)15)20-14(21)12-4-11-13(5-17-12)19-6-18-11/h2-3,6,12,17H,4-5H2,1H3,(H,18,19)(H,20,21). The molecule has 5 nitrogen and oxygen atoms in total. The first-order valence-corrected chi connectivity index (χ1v) is 7.31. The molecule has 0 bridgehead atoms. The quantitative estimate of drug-likeness (QED) is 0.795. The van der Waals surface area contributed by atoms with Crippen molar-refractivity contribution in [2.24, 2.45) is 0 Å². The van der Waals surface area contributed by atoms with E-state index >= 15 is 0 Å². The number of aromatic amines is 1. The first kappa shape index (κ1) is 14.4. The van der Waals surface area contributed by atoms with Crippen LogP contribution in [0.2, 0.25) is 10.0 Å². The molecule has 2 aromatic rings. The van der Waals surface area contributed by atoms with Gasteiger partial charge < -0.3 is 10.3 Å². The zero-order valence-corrected chi connectivity index (χ0v) is 12.8. The molecule has 3 rings (SSSR count). The van der Waals surface area contributed by atoms with E-state index in [1.165, 1.54) is 0 Å². The molecule has 0 spiro atoms. The Labute approximate surface area is 132 Å². The van der Waals surface area contributed by atoms with Gasteiger partial charge >= 0.3 is 0 Å². The van der Waals surface area contributed by atoms with Gasteiger partial charge in [-0.25, -0.2) is 4.98 Å². The van der Waals surface area contributed by atoms with E-state index in [0.29, 0.717) is 28.7 Å². The molecule has 0 saturated carbocycles. The lowest BCUT2D eigenvalue weighted by molar-refractivity contribution is -0.118. The fraction of sp³-hybridized carbons (Fsp3) is 0.286. The van der Waals surface area contributed by atoms with Crippen LogP contribution < -0.4 is 10.6 Å². The topological polar surface area (TPSA) is 69.8 Å². The molecule has 7 heteroatoms. The number of nitrogens with one attached hydrogen (secondary N) is 3. The van der Waals surface area contributed by atoms with Crippen molar-refractivity contribution in [2.45, 2.75) is 25.9 Å². The first-order chi connectivity index (χ1) is 10.0. The van der Waals surface area contributed by atoms with Crippen LogP contribution in [0.5, 0.6) is 0 Å². The molecule has 1 atom stereocenters. The number of carbonyl (C=O) groups is 1. The van der Waals surface area contributed by atoms with Gasteiger partial charge in [0.05, 0.1) is 34.5 Å². The fourth-order valence-electron chi connectivity index (χ4n) is 2.32. The number of fused-ring (bicyclic) bond motifs is 1. The predicted molar refractivity (Wildman–Crippen MR) is 82.7 cm³/mol. The van der Waals surface area contributed by atoms with Gasteiger partial charge in [-0.2, -0.15) is 0 Å². The number of amides is 1.